The van der Waals surface area contributed by atoms with Crippen LogP contribution in [-0.2, 0) is 6.42 Å². The van der Waals surface area contributed by atoms with Crippen LogP contribution in [0.5, 0.6) is 0 Å². The second kappa shape index (κ2) is 3.16. The van der Waals surface area contributed by atoms with Crippen LogP contribution in [0.2, 0.25) is 0 Å². The monoisotopic (exact) mass is 202 g/mol. The average molecular weight is 202 g/mol. The molecule has 1 aliphatic heterocycles. The van der Waals surface area contributed by atoms with E-state index in [1.165, 1.54) is 22.5 Å². The molecular weight excluding hydrogens is 188 g/mol. The quantitative estimate of drug-likeness (QED) is 0.704. The van der Waals surface area contributed by atoms with Gasteiger partial charge in [0, 0.05) is 10.2 Å². The number of fused-ring (bicyclic) bond motifs is 1. The molecule has 2 unspecified atom stereocenters. The van der Waals surface area contributed by atoms with Crippen molar-refractivity contribution in [3.8, 4) is 0 Å². The predicted octanol–water partition coefficient (Wildman–Crippen LogP) is 3.73. The van der Waals surface area contributed by atoms with E-state index in [-0.39, 0.29) is 0 Å². The summed E-state index contributed by atoms with van der Waals surface area (Å²) in [6.45, 7) is 2.22. The Hall–Kier alpha value is -0.690. The molecule has 1 aliphatic carbocycles. The Morgan fingerprint density at radius 1 is 1.43 bits per heavy atom. The number of aryl methyl sites for hydroxylation is 1. The van der Waals surface area contributed by atoms with Gasteiger partial charge in [-0.25, -0.2) is 0 Å². The fourth-order valence-corrected chi connectivity index (χ4v) is 3.42. The molecule has 1 aromatic carbocycles. The normalized spacial score (nSPS) is 28.5. The van der Waals surface area contributed by atoms with Crippen LogP contribution in [0.4, 0.5) is 0 Å². The first-order valence-corrected chi connectivity index (χ1v) is 6.22. The van der Waals surface area contributed by atoms with Gasteiger partial charge in [0.2, 0.25) is 0 Å². The number of hydrogen-bond donors (Lipinski definition) is 0. The zero-order valence-electron chi connectivity index (χ0n) is 8.36. The molecule has 2 atom stereocenters. The van der Waals surface area contributed by atoms with Gasteiger partial charge in [-0.3, -0.25) is 0 Å². The first-order chi connectivity index (χ1) is 6.86. The minimum atomic E-state index is 0.903. The molecule has 1 heteroatoms. The van der Waals surface area contributed by atoms with E-state index < -0.39 is 0 Å². The summed E-state index contributed by atoms with van der Waals surface area (Å²) >= 11 is 2.07. The molecule has 0 saturated heterocycles. The van der Waals surface area contributed by atoms with Crippen LogP contribution < -0.4 is 0 Å². The first kappa shape index (κ1) is 8.60. The number of thioether (sulfide) groups is 1. The third kappa shape index (κ3) is 1.40. The van der Waals surface area contributed by atoms with Gasteiger partial charge in [-0.05, 0) is 29.9 Å². The van der Waals surface area contributed by atoms with Crippen molar-refractivity contribution in [3.05, 3.63) is 41.5 Å². The van der Waals surface area contributed by atoms with Gasteiger partial charge in [0.1, 0.15) is 0 Å². The van der Waals surface area contributed by atoms with Crippen LogP contribution in [-0.4, -0.2) is 5.25 Å². The molecule has 0 radical (unpaired) electrons. The lowest BCUT2D eigenvalue weighted by Crippen LogP contribution is -1.84. The molecule has 0 bridgehead atoms. The molecular formula is C13H14S. The average Bonchev–Trinajstić information content (AvgIpc) is 2.86. The summed E-state index contributed by atoms with van der Waals surface area (Å²) in [5, 5.41) is 0.926. The Balaban J connectivity index is 1.92. The lowest BCUT2D eigenvalue weighted by molar-refractivity contribution is 1.13. The molecule has 3 rings (SSSR count). The molecule has 0 N–H and O–H groups in total. The van der Waals surface area contributed by atoms with Crippen molar-refractivity contribution in [1.82, 2.24) is 0 Å². The second-order valence-electron chi connectivity index (χ2n) is 4.14. The second-order valence-corrected chi connectivity index (χ2v) is 5.42. The van der Waals surface area contributed by atoms with Crippen LogP contribution in [0.3, 0.4) is 0 Å². The third-order valence-corrected chi connectivity index (χ3v) is 4.51. The molecule has 1 aromatic rings. The van der Waals surface area contributed by atoms with Gasteiger partial charge in [-0.15, -0.1) is 11.8 Å². The Kier molecular flexibility index (Phi) is 1.94. The molecule has 1 heterocycles. The van der Waals surface area contributed by atoms with Gasteiger partial charge >= 0.3 is 0 Å². The van der Waals surface area contributed by atoms with Crippen LogP contribution in [0.25, 0.3) is 4.91 Å². The van der Waals surface area contributed by atoms with E-state index in [4.69, 9.17) is 0 Å². The fraction of sp³-hybridized carbons (Fsp3) is 0.385. The maximum Gasteiger partial charge on any atom is 0.0164 e. The molecule has 1 saturated carbocycles. The summed E-state index contributed by atoms with van der Waals surface area (Å²) in [5.74, 6) is 0.903. The molecule has 1 fully saturated rings. The molecule has 0 nitrogen and oxygen atoms in total. The molecule has 0 spiro atoms. The van der Waals surface area contributed by atoms with Crippen molar-refractivity contribution < 1.29 is 0 Å². The minimum absolute atomic E-state index is 0.903. The van der Waals surface area contributed by atoms with E-state index >= 15 is 0 Å². The minimum Gasteiger partial charge on any atom is -0.122 e. The Bertz CT molecular complexity index is 392. The topological polar surface area (TPSA) is 0 Å². The summed E-state index contributed by atoms with van der Waals surface area (Å²) in [6.07, 6.45) is 5.02. The fourth-order valence-electron chi connectivity index (χ4n) is 2.01. The van der Waals surface area contributed by atoms with E-state index in [1.54, 1.807) is 0 Å². The summed E-state index contributed by atoms with van der Waals surface area (Å²) in [4.78, 5) is 1.52. The van der Waals surface area contributed by atoms with E-state index in [1.807, 2.05) is 0 Å². The lowest BCUT2D eigenvalue weighted by Gasteiger charge is -2.05. The summed E-state index contributed by atoms with van der Waals surface area (Å²) < 4.78 is 0. The van der Waals surface area contributed by atoms with Crippen LogP contribution in [0.1, 0.15) is 24.5 Å². The summed E-state index contributed by atoms with van der Waals surface area (Å²) in [6, 6.07) is 8.97. The highest BCUT2D eigenvalue weighted by molar-refractivity contribution is 8.09. The number of allylic oxidation sites excluding steroid dienone is 1. The predicted molar refractivity (Wildman–Crippen MR) is 63.3 cm³/mol. The largest absolute Gasteiger partial charge is 0.122 e. The zero-order chi connectivity index (χ0) is 9.54. The highest BCUT2D eigenvalue weighted by Gasteiger charge is 2.41. The number of benzene rings is 1. The summed E-state index contributed by atoms with van der Waals surface area (Å²) in [5.41, 5.74) is 2.88. The Morgan fingerprint density at radius 3 is 3.07 bits per heavy atom. The molecule has 0 aromatic heterocycles. The Labute approximate surface area is 89.4 Å². The zero-order valence-corrected chi connectivity index (χ0v) is 9.18. The molecule has 14 heavy (non-hydrogen) atoms. The summed E-state index contributed by atoms with van der Waals surface area (Å²) in [7, 11) is 0. The Morgan fingerprint density at radius 2 is 2.36 bits per heavy atom. The number of rotatable bonds is 2. The van der Waals surface area contributed by atoms with Gasteiger partial charge in [0.25, 0.3) is 0 Å². The van der Waals surface area contributed by atoms with E-state index in [0.717, 1.165) is 17.6 Å². The van der Waals surface area contributed by atoms with E-state index in [2.05, 4.69) is 49.0 Å². The van der Waals surface area contributed by atoms with Crippen molar-refractivity contribution >= 4 is 16.7 Å². The first-order valence-electron chi connectivity index (χ1n) is 5.34. The van der Waals surface area contributed by atoms with Gasteiger partial charge in [0.05, 0.1) is 0 Å². The molecule has 72 valence electrons. The standard InChI is InChI=1S/C13H14S/c1-2-9-4-3-5-10(6-9)12-7-11-8-13(11)14-12/h3-7,11,13H,2,8H2,1H3. The van der Waals surface area contributed by atoms with Gasteiger partial charge in [0.15, 0.2) is 0 Å². The highest BCUT2D eigenvalue weighted by Crippen LogP contribution is 2.55. The van der Waals surface area contributed by atoms with E-state index in [0.29, 0.717) is 0 Å². The third-order valence-electron chi connectivity index (χ3n) is 3.04. The van der Waals surface area contributed by atoms with E-state index in [9.17, 15) is 0 Å². The van der Waals surface area contributed by atoms with Crippen molar-refractivity contribution in [3.63, 3.8) is 0 Å². The number of hydrogen-bond acceptors (Lipinski definition) is 1. The van der Waals surface area contributed by atoms with Crippen molar-refractivity contribution in [2.45, 2.75) is 25.0 Å². The van der Waals surface area contributed by atoms with Crippen molar-refractivity contribution in [2.24, 2.45) is 5.92 Å². The van der Waals surface area contributed by atoms with Gasteiger partial charge in [-0.1, -0.05) is 37.3 Å². The van der Waals surface area contributed by atoms with Crippen molar-refractivity contribution in [1.29, 1.82) is 0 Å². The maximum absolute atomic E-state index is 2.46. The van der Waals surface area contributed by atoms with Crippen molar-refractivity contribution in [2.75, 3.05) is 0 Å². The van der Waals surface area contributed by atoms with Crippen LogP contribution in [0, 0.1) is 5.92 Å². The molecule has 0 amide bonds. The van der Waals surface area contributed by atoms with Crippen LogP contribution >= 0.6 is 11.8 Å². The lowest BCUT2D eigenvalue weighted by atomic mass is 10.1. The highest BCUT2D eigenvalue weighted by atomic mass is 32.2. The van der Waals surface area contributed by atoms with Gasteiger partial charge < -0.3 is 0 Å². The molecule has 2 aliphatic rings. The SMILES string of the molecule is CCc1cccc(C2=CC3CC3S2)c1. The smallest absolute Gasteiger partial charge is 0.0164 e. The van der Waals surface area contributed by atoms with Gasteiger partial charge in [-0.2, -0.15) is 0 Å². The maximum atomic E-state index is 2.46. The van der Waals surface area contributed by atoms with Crippen LogP contribution in [0.15, 0.2) is 30.3 Å².